The molecule has 0 radical (unpaired) electrons. The van der Waals surface area contributed by atoms with Crippen molar-refractivity contribution in [1.29, 1.82) is 0 Å². The average Bonchev–Trinajstić information content (AvgIpc) is 2.55. The van der Waals surface area contributed by atoms with E-state index in [4.69, 9.17) is 11.5 Å². The Morgan fingerprint density at radius 3 is 1.91 bits per heavy atom. The van der Waals surface area contributed by atoms with Crippen LogP contribution in [0.4, 0.5) is 0 Å². The van der Waals surface area contributed by atoms with Crippen LogP contribution in [0.5, 0.6) is 0 Å². The Morgan fingerprint density at radius 1 is 0.652 bits per heavy atom. The lowest BCUT2D eigenvalue weighted by Gasteiger charge is -2.39. The Hall–Kier alpha value is -0.0800. The first-order valence-corrected chi connectivity index (χ1v) is 10.6. The second-order valence-corrected chi connectivity index (χ2v) is 9.48. The summed E-state index contributed by atoms with van der Waals surface area (Å²) in [6.07, 6.45) is 18.2. The summed E-state index contributed by atoms with van der Waals surface area (Å²) in [5.41, 5.74) is 12.6. The lowest BCUT2D eigenvalue weighted by molar-refractivity contribution is 0.147. The van der Waals surface area contributed by atoms with Crippen LogP contribution in [0.15, 0.2) is 0 Å². The number of hydrogen-bond donors (Lipinski definition) is 2. The van der Waals surface area contributed by atoms with E-state index in [9.17, 15) is 0 Å². The van der Waals surface area contributed by atoms with E-state index in [0.717, 1.165) is 29.6 Å². The van der Waals surface area contributed by atoms with E-state index < -0.39 is 0 Å². The van der Waals surface area contributed by atoms with Crippen molar-refractivity contribution in [2.75, 3.05) is 0 Å². The fourth-order valence-corrected chi connectivity index (χ4v) is 5.76. The van der Waals surface area contributed by atoms with Gasteiger partial charge in [0.25, 0.3) is 0 Å². The van der Waals surface area contributed by atoms with Crippen molar-refractivity contribution in [1.82, 2.24) is 0 Å². The van der Waals surface area contributed by atoms with Crippen molar-refractivity contribution in [3.8, 4) is 0 Å². The Morgan fingerprint density at radius 2 is 1.22 bits per heavy atom. The quantitative estimate of drug-likeness (QED) is 0.777. The number of nitrogens with two attached hydrogens (primary N) is 2. The molecule has 3 atom stereocenters. The molecule has 2 heteroatoms. The summed E-state index contributed by atoms with van der Waals surface area (Å²) < 4.78 is 0. The Bertz CT molecular complexity index is 340. The predicted molar refractivity (Wildman–Crippen MR) is 99.1 cm³/mol. The highest BCUT2D eigenvalue weighted by Gasteiger charge is 2.32. The molecule has 0 heterocycles. The lowest BCUT2D eigenvalue weighted by Crippen LogP contribution is -2.38. The van der Waals surface area contributed by atoms with Gasteiger partial charge in [0.2, 0.25) is 0 Å². The topological polar surface area (TPSA) is 52.0 Å². The molecular weight excluding hydrogens is 280 g/mol. The maximum atomic E-state index is 6.51. The fraction of sp³-hybridized carbons (Fsp3) is 1.00. The summed E-state index contributed by atoms with van der Waals surface area (Å²) in [6.45, 7) is 2.43. The molecule has 4 N–H and O–H groups in total. The summed E-state index contributed by atoms with van der Waals surface area (Å²) in [5, 5.41) is 0. The van der Waals surface area contributed by atoms with Crippen LogP contribution in [0, 0.1) is 29.6 Å². The minimum Gasteiger partial charge on any atom is -0.328 e. The molecule has 0 bridgehead atoms. The maximum Gasteiger partial charge on any atom is 0.00674 e. The SMILES string of the molecule is CC1CCC(CC2CCC(N)C(CC3CCC(N)CC3)C2)CC1. The van der Waals surface area contributed by atoms with Crippen LogP contribution >= 0.6 is 0 Å². The van der Waals surface area contributed by atoms with E-state index in [0.29, 0.717) is 12.1 Å². The molecule has 23 heavy (non-hydrogen) atoms. The van der Waals surface area contributed by atoms with Gasteiger partial charge in [-0.15, -0.1) is 0 Å². The first-order chi connectivity index (χ1) is 11.1. The lowest BCUT2D eigenvalue weighted by atomic mass is 9.68. The van der Waals surface area contributed by atoms with Gasteiger partial charge < -0.3 is 11.5 Å². The van der Waals surface area contributed by atoms with E-state index in [1.54, 1.807) is 0 Å². The van der Waals surface area contributed by atoms with Gasteiger partial charge in [0.15, 0.2) is 0 Å². The highest BCUT2D eigenvalue weighted by atomic mass is 14.7. The van der Waals surface area contributed by atoms with Gasteiger partial charge in [-0.3, -0.25) is 0 Å². The molecule has 3 fully saturated rings. The normalized spacial score (nSPS) is 45.8. The highest BCUT2D eigenvalue weighted by Crippen LogP contribution is 2.41. The van der Waals surface area contributed by atoms with Crippen molar-refractivity contribution in [2.45, 2.75) is 102 Å². The molecule has 0 amide bonds. The molecule has 3 unspecified atom stereocenters. The van der Waals surface area contributed by atoms with Gasteiger partial charge in [0.1, 0.15) is 0 Å². The van der Waals surface area contributed by atoms with Gasteiger partial charge in [0.05, 0.1) is 0 Å². The number of hydrogen-bond acceptors (Lipinski definition) is 2. The minimum atomic E-state index is 0.479. The van der Waals surface area contributed by atoms with E-state index in [-0.39, 0.29) is 0 Å². The van der Waals surface area contributed by atoms with Gasteiger partial charge >= 0.3 is 0 Å². The average molecular weight is 321 g/mol. The Labute approximate surface area is 144 Å². The maximum absolute atomic E-state index is 6.51. The third-order valence-electron chi connectivity index (χ3n) is 7.48. The van der Waals surface area contributed by atoms with E-state index >= 15 is 0 Å². The monoisotopic (exact) mass is 320 g/mol. The third-order valence-corrected chi connectivity index (χ3v) is 7.48. The first-order valence-electron chi connectivity index (χ1n) is 10.6. The summed E-state index contributed by atoms with van der Waals surface area (Å²) in [6, 6.07) is 0.959. The summed E-state index contributed by atoms with van der Waals surface area (Å²) in [4.78, 5) is 0. The van der Waals surface area contributed by atoms with Crippen LogP contribution in [0.25, 0.3) is 0 Å². The molecule has 3 aliphatic carbocycles. The van der Waals surface area contributed by atoms with E-state index in [1.165, 1.54) is 83.5 Å². The van der Waals surface area contributed by atoms with Crippen molar-refractivity contribution in [3.63, 3.8) is 0 Å². The third kappa shape index (κ3) is 5.19. The summed E-state index contributed by atoms with van der Waals surface area (Å²) in [5.74, 6) is 4.70. The van der Waals surface area contributed by atoms with Crippen LogP contribution in [-0.4, -0.2) is 12.1 Å². The zero-order valence-corrected chi connectivity index (χ0v) is 15.4. The molecule has 3 aliphatic rings. The van der Waals surface area contributed by atoms with Crippen molar-refractivity contribution in [2.24, 2.45) is 41.1 Å². The molecule has 0 aromatic carbocycles. The molecule has 0 spiro atoms. The fourth-order valence-electron chi connectivity index (χ4n) is 5.76. The molecule has 0 aromatic rings. The van der Waals surface area contributed by atoms with Crippen LogP contribution in [0.3, 0.4) is 0 Å². The van der Waals surface area contributed by atoms with Crippen molar-refractivity contribution < 1.29 is 0 Å². The zero-order chi connectivity index (χ0) is 16.2. The standard InChI is InChI=1S/C21H40N2/c1-15-2-4-16(5-3-15)12-18-8-11-21(23)19(14-18)13-17-6-9-20(22)10-7-17/h15-21H,2-14,22-23H2,1H3. The molecule has 0 aliphatic heterocycles. The van der Waals surface area contributed by atoms with Gasteiger partial charge in [0, 0.05) is 12.1 Å². The number of rotatable bonds is 4. The van der Waals surface area contributed by atoms with Crippen LogP contribution in [0.1, 0.15) is 90.4 Å². The second kappa shape index (κ2) is 8.34. The van der Waals surface area contributed by atoms with Crippen molar-refractivity contribution >= 4 is 0 Å². The largest absolute Gasteiger partial charge is 0.328 e. The predicted octanol–water partition coefficient (Wildman–Crippen LogP) is 4.85. The van der Waals surface area contributed by atoms with E-state index in [1.807, 2.05) is 0 Å². The van der Waals surface area contributed by atoms with E-state index in [2.05, 4.69) is 6.92 Å². The molecule has 0 aromatic heterocycles. The molecule has 3 rings (SSSR count). The van der Waals surface area contributed by atoms with Gasteiger partial charge in [-0.1, -0.05) is 32.6 Å². The molecule has 134 valence electrons. The van der Waals surface area contributed by atoms with Crippen LogP contribution < -0.4 is 11.5 Å². The highest BCUT2D eigenvalue weighted by molar-refractivity contribution is 4.87. The summed E-state index contributed by atoms with van der Waals surface area (Å²) in [7, 11) is 0. The van der Waals surface area contributed by atoms with Gasteiger partial charge in [-0.2, -0.15) is 0 Å². The van der Waals surface area contributed by atoms with Crippen LogP contribution in [-0.2, 0) is 0 Å². The van der Waals surface area contributed by atoms with Gasteiger partial charge in [-0.25, -0.2) is 0 Å². The molecule has 2 nitrogen and oxygen atoms in total. The summed E-state index contributed by atoms with van der Waals surface area (Å²) >= 11 is 0. The Kier molecular flexibility index (Phi) is 6.43. The van der Waals surface area contributed by atoms with Crippen LogP contribution in [0.2, 0.25) is 0 Å². The second-order valence-electron chi connectivity index (χ2n) is 9.48. The van der Waals surface area contributed by atoms with Gasteiger partial charge in [-0.05, 0) is 87.4 Å². The molecular formula is C21H40N2. The molecule has 0 saturated heterocycles. The first kappa shape index (κ1) is 17.7. The minimum absolute atomic E-state index is 0.479. The zero-order valence-electron chi connectivity index (χ0n) is 15.4. The smallest absolute Gasteiger partial charge is 0.00674 e. The molecule has 3 saturated carbocycles. The van der Waals surface area contributed by atoms with Crippen molar-refractivity contribution in [3.05, 3.63) is 0 Å². The Balaban J connectivity index is 1.44.